The molecule has 2 aromatic carbocycles. The van der Waals surface area contributed by atoms with E-state index < -0.39 is 8.24 Å². The molecule has 0 aliphatic heterocycles. The molecule has 0 spiro atoms. The summed E-state index contributed by atoms with van der Waals surface area (Å²) in [5.41, 5.74) is 5.81. The summed E-state index contributed by atoms with van der Waals surface area (Å²) < 4.78 is 12.3. The minimum Gasteiger partial charge on any atom is -0.399 e. The van der Waals surface area contributed by atoms with E-state index in [9.17, 15) is 4.89 Å². The van der Waals surface area contributed by atoms with Gasteiger partial charge in [0, 0.05) is 21.9 Å². The van der Waals surface area contributed by atoms with Crippen LogP contribution in [0, 0.1) is 0 Å². The molecule has 1 aromatic heterocycles. The fraction of sp³-hybridized carbons (Fsp3) is 0.571. The average Bonchev–Trinajstić information content (AvgIpc) is 2.71. The van der Waals surface area contributed by atoms with E-state index in [4.69, 9.17) is 8.39 Å². The van der Waals surface area contributed by atoms with Crippen LogP contribution in [0.4, 0.5) is 0 Å². The molecule has 32 heavy (non-hydrogen) atoms. The van der Waals surface area contributed by atoms with Crippen molar-refractivity contribution in [3.63, 3.8) is 0 Å². The van der Waals surface area contributed by atoms with Crippen LogP contribution in [-0.4, -0.2) is 4.89 Å². The average molecular weight is 457 g/mol. The molecule has 0 saturated heterocycles. The van der Waals surface area contributed by atoms with Crippen molar-refractivity contribution >= 4 is 30.2 Å². The minimum atomic E-state index is -2.09. The van der Waals surface area contributed by atoms with Crippen LogP contribution in [0.5, 0.6) is 0 Å². The zero-order chi connectivity index (χ0) is 24.4. The number of hydrogen-bond acceptors (Lipinski definition) is 3. The normalized spacial score (nSPS) is 13.8. The van der Waals surface area contributed by atoms with E-state index in [0.29, 0.717) is 0 Å². The van der Waals surface area contributed by atoms with Crippen molar-refractivity contribution in [1.29, 1.82) is 0 Å². The fourth-order valence-electron chi connectivity index (χ4n) is 4.01. The zero-order valence-corrected chi connectivity index (χ0v) is 22.9. The topological polar surface area (TPSA) is 46.5 Å². The Hall–Kier alpha value is -1.70. The second-order valence-electron chi connectivity index (χ2n) is 13.2. The largest absolute Gasteiger partial charge is 0.399 e. The Bertz CT molecular complexity index is 1110. The summed E-state index contributed by atoms with van der Waals surface area (Å²) in [6.45, 7) is 26.6. The zero-order valence-electron chi connectivity index (χ0n) is 22.0. The highest BCUT2D eigenvalue weighted by Gasteiger charge is 2.28. The third kappa shape index (κ3) is 4.80. The first kappa shape index (κ1) is 24.9. The monoisotopic (exact) mass is 456 g/mol. The molecule has 0 fully saturated rings. The Morgan fingerprint density at radius 1 is 0.531 bits per heavy atom. The lowest BCUT2D eigenvalue weighted by molar-refractivity contribution is 0.485. The smallest absolute Gasteiger partial charge is 0.384 e. The van der Waals surface area contributed by atoms with Crippen LogP contribution in [0.25, 0.3) is 21.9 Å². The highest BCUT2D eigenvalue weighted by molar-refractivity contribution is 7.30. The summed E-state index contributed by atoms with van der Waals surface area (Å²) in [7, 11) is -2.09. The van der Waals surface area contributed by atoms with E-state index in [1.807, 2.05) is 0 Å². The maximum absolute atomic E-state index is 10.8. The van der Waals surface area contributed by atoms with Gasteiger partial charge in [0.1, 0.15) is 11.2 Å². The first-order valence-corrected chi connectivity index (χ1v) is 12.7. The molecule has 0 amide bonds. The van der Waals surface area contributed by atoms with Gasteiger partial charge >= 0.3 is 8.24 Å². The SMILES string of the molecule is CC(C)(C)c1cc(C(C)(C)C)c2op(O)oc3c(C(C)(C)C)cc(C(C)(C)C)cc3c2c1. The van der Waals surface area contributed by atoms with Gasteiger partial charge in [0.2, 0.25) is 0 Å². The number of hydrogen-bond donors (Lipinski definition) is 1. The van der Waals surface area contributed by atoms with Crippen LogP contribution >= 0.6 is 8.24 Å². The van der Waals surface area contributed by atoms with Crippen molar-refractivity contribution in [2.24, 2.45) is 0 Å². The molecule has 3 aromatic rings. The van der Waals surface area contributed by atoms with Gasteiger partial charge in [-0.1, -0.05) is 95.2 Å². The van der Waals surface area contributed by atoms with Gasteiger partial charge in [0.15, 0.2) is 0 Å². The third-order valence-corrected chi connectivity index (χ3v) is 6.83. The second-order valence-corrected chi connectivity index (χ2v) is 14.1. The lowest BCUT2D eigenvalue weighted by Crippen LogP contribution is -2.17. The molecule has 1 N–H and O–H groups in total. The first-order valence-electron chi connectivity index (χ1n) is 11.5. The van der Waals surface area contributed by atoms with Crippen molar-refractivity contribution < 1.29 is 13.3 Å². The van der Waals surface area contributed by atoms with E-state index in [-0.39, 0.29) is 21.7 Å². The van der Waals surface area contributed by atoms with Gasteiger partial charge in [-0.2, -0.15) is 0 Å². The van der Waals surface area contributed by atoms with Gasteiger partial charge in [-0.05, 0) is 44.9 Å². The first-order chi connectivity index (χ1) is 14.3. The van der Waals surface area contributed by atoms with Crippen molar-refractivity contribution in [3.05, 3.63) is 46.5 Å². The predicted octanol–water partition coefficient (Wildman–Crippen LogP) is 9.24. The van der Waals surface area contributed by atoms with E-state index in [1.165, 1.54) is 11.1 Å². The molecule has 0 radical (unpaired) electrons. The Balaban J connectivity index is 2.74. The Kier molecular flexibility index (Phi) is 5.98. The second kappa shape index (κ2) is 7.67. The highest BCUT2D eigenvalue weighted by Crippen LogP contribution is 2.44. The molecular weight excluding hydrogens is 415 g/mol. The van der Waals surface area contributed by atoms with E-state index in [1.54, 1.807) is 0 Å². The van der Waals surface area contributed by atoms with Crippen LogP contribution < -0.4 is 0 Å². The van der Waals surface area contributed by atoms with Crippen molar-refractivity contribution in [2.45, 2.75) is 105 Å². The van der Waals surface area contributed by atoms with Gasteiger partial charge in [0.25, 0.3) is 0 Å². The number of rotatable bonds is 0. The quantitative estimate of drug-likeness (QED) is 0.367. The molecule has 1 heterocycles. The summed E-state index contributed by atoms with van der Waals surface area (Å²) in [4.78, 5) is 10.8. The van der Waals surface area contributed by atoms with Crippen LogP contribution in [0.1, 0.15) is 105 Å². The lowest BCUT2D eigenvalue weighted by atomic mass is 9.77. The van der Waals surface area contributed by atoms with Gasteiger partial charge in [-0.3, -0.25) is 4.89 Å². The fourth-order valence-corrected chi connectivity index (χ4v) is 4.75. The predicted molar refractivity (Wildman–Crippen MR) is 139 cm³/mol. The third-order valence-electron chi connectivity index (χ3n) is 6.15. The molecule has 0 saturated carbocycles. The Labute approximate surface area is 194 Å². The molecule has 0 atom stereocenters. The molecule has 0 unspecified atom stereocenters. The van der Waals surface area contributed by atoms with E-state index in [0.717, 1.165) is 33.1 Å². The van der Waals surface area contributed by atoms with Crippen LogP contribution in [0.15, 0.2) is 32.7 Å². The molecule has 3 nitrogen and oxygen atoms in total. The number of benzene rings is 2. The molecule has 3 rings (SSSR count). The molecule has 4 heteroatoms. The molecule has 176 valence electrons. The van der Waals surface area contributed by atoms with E-state index >= 15 is 0 Å². The standard InChI is InChI=1S/C28H41O3P/c1-25(2,3)17-13-19-20-14-18(26(4,5)6)16-22(28(10,11)12)24(20)31-32(29)30-23(19)21(15-17)27(7,8)9/h13-16,29H,1-12H3. The van der Waals surface area contributed by atoms with E-state index in [2.05, 4.69) is 107 Å². The van der Waals surface area contributed by atoms with Crippen LogP contribution in [-0.2, 0) is 21.7 Å². The van der Waals surface area contributed by atoms with Crippen molar-refractivity contribution in [3.8, 4) is 0 Å². The highest BCUT2D eigenvalue weighted by atomic mass is 31.1. The van der Waals surface area contributed by atoms with Gasteiger partial charge in [0.05, 0.1) is 0 Å². The molecule has 0 bridgehead atoms. The Morgan fingerprint density at radius 2 is 0.844 bits per heavy atom. The summed E-state index contributed by atoms with van der Waals surface area (Å²) in [5, 5.41) is 2.01. The van der Waals surface area contributed by atoms with Crippen molar-refractivity contribution in [2.75, 3.05) is 0 Å². The molecular formula is C28H41O3P. The van der Waals surface area contributed by atoms with Crippen LogP contribution in [0.2, 0.25) is 0 Å². The maximum Gasteiger partial charge on any atom is 0.384 e. The van der Waals surface area contributed by atoms with Crippen LogP contribution in [0.3, 0.4) is 0 Å². The van der Waals surface area contributed by atoms with Gasteiger partial charge in [-0.15, -0.1) is 0 Å². The van der Waals surface area contributed by atoms with Crippen molar-refractivity contribution in [1.82, 2.24) is 0 Å². The Morgan fingerprint density at radius 3 is 1.09 bits per heavy atom. The molecule has 0 aliphatic rings. The molecule has 0 aliphatic carbocycles. The summed E-state index contributed by atoms with van der Waals surface area (Å²) in [5.74, 6) is 0. The van der Waals surface area contributed by atoms with Gasteiger partial charge in [-0.25, -0.2) is 0 Å². The number of fused-ring (bicyclic) bond motifs is 3. The summed E-state index contributed by atoms with van der Waals surface area (Å²) in [6, 6.07) is 8.96. The maximum atomic E-state index is 10.8. The minimum absolute atomic E-state index is 0.0270. The summed E-state index contributed by atoms with van der Waals surface area (Å²) in [6.07, 6.45) is 0. The van der Waals surface area contributed by atoms with Gasteiger partial charge < -0.3 is 8.39 Å². The summed E-state index contributed by atoms with van der Waals surface area (Å²) >= 11 is 0. The lowest BCUT2D eigenvalue weighted by Gasteiger charge is -2.27.